The minimum atomic E-state index is 0.0932. The third-order valence-corrected chi connectivity index (χ3v) is 3.88. The molecule has 0 unspecified atom stereocenters. The Hall–Kier alpha value is -3.38. The standard InChI is InChI=1S/C22H17NO2/c23-16-18-8-6-17(7-9-18)10-15-22(24)19-11-13-21(14-12-19)25-20-4-2-1-3-5-20/h1-9,11-14H,10,15H2. The Bertz CT molecular complexity index is 876. The number of benzene rings is 3. The van der Waals surface area contributed by atoms with Crippen molar-refractivity contribution >= 4 is 5.78 Å². The van der Waals surface area contributed by atoms with Gasteiger partial charge in [-0.2, -0.15) is 5.26 Å². The monoisotopic (exact) mass is 327 g/mol. The molecule has 3 heteroatoms. The molecule has 0 N–H and O–H groups in total. The lowest BCUT2D eigenvalue weighted by Crippen LogP contribution is -2.01. The average Bonchev–Trinajstić information content (AvgIpc) is 2.68. The molecule has 0 saturated carbocycles. The molecule has 3 aromatic rings. The molecule has 0 aliphatic carbocycles. The summed E-state index contributed by atoms with van der Waals surface area (Å²) < 4.78 is 5.73. The molecule has 122 valence electrons. The minimum Gasteiger partial charge on any atom is -0.457 e. The summed E-state index contributed by atoms with van der Waals surface area (Å²) in [4.78, 5) is 12.3. The molecular formula is C22H17NO2. The number of hydrogen-bond acceptors (Lipinski definition) is 3. The molecule has 3 rings (SSSR count). The zero-order valence-electron chi connectivity index (χ0n) is 13.7. The maximum atomic E-state index is 12.3. The number of Topliss-reactive ketones (excluding diaryl/α,β-unsaturated/α-hetero) is 1. The summed E-state index contributed by atoms with van der Waals surface area (Å²) >= 11 is 0. The first-order chi connectivity index (χ1) is 12.2. The van der Waals surface area contributed by atoms with Gasteiger partial charge in [0.2, 0.25) is 0 Å². The SMILES string of the molecule is N#Cc1ccc(CCC(=O)c2ccc(Oc3ccccc3)cc2)cc1. The van der Waals surface area contributed by atoms with Crippen molar-refractivity contribution < 1.29 is 9.53 Å². The van der Waals surface area contributed by atoms with Gasteiger partial charge in [0, 0.05) is 12.0 Å². The first-order valence-electron chi connectivity index (χ1n) is 8.10. The molecule has 0 saturated heterocycles. The maximum absolute atomic E-state index is 12.3. The van der Waals surface area contributed by atoms with E-state index in [1.54, 1.807) is 24.3 Å². The van der Waals surface area contributed by atoms with Gasteiger partial charge in [0.25, 0.3) is 0 Å². The van der Waals surface area contributed by atoms with E-state index in [4.69, 9.17) is 10.00 Å². The normalized spacial score (nSPS) is 10.0. The average molecular weight is 327 g/mol. The van der Waals surface area contributed by atoms with Crippen LogP contribution in [0.2, 0.25) is 0 Å². The first-order valence-corrected chi connectivity index (χ1v) is 8.10. The van der Waals surface area contributed by atoms with Crippen LogP contribution in [0.3, 0.4) is 0 Å². The van der Waals surface area contributed by atoms with Gasteiger partial charge in [-0.1, -0.05) is 30.3 Å². The second kappa shape index (κ2) is 7.94. The molecule has 25 heavy (non-hydrogen) atoms. The van der Waals surface area contributed by atoms with Crippen LogP contribution >= 0.6 is 0 Å². The Morgan fingerprint density at radius 2 is 1.48 bits per heavy atom. The van der Waals surface area contributed by atoms with Crippen LogP contribution in [-0.4, -0.2) is 5.78 Å². The Morgan fingerprint density at radius 3 is 2.12 bits per heavy atom. The fraction of sp³-hybridized carbons (Fsp3) is 0.0909. The summed E-state index contributed by atoms with van der Waals surface area (Å²) in [6.07, 6.45) is 1.09. The lowest BCUT2D eigenvalue weighted by Gasteiger charge is -2.06. The fourth-order valence-corrected chi connectivity index (χ4v) is 2.48. The fourth-order valence-electron chi connectivity index (χ4n) is 2.48. The van der Waals surface area contributed by atoms with E-state index in [2.05, 4.69) is 6.07 Å². The number of nitriles is 1. The first kappa shape index (κ1) is 16.5. The Balaban J connectivity index is 1.57. The lowest BCUT2D eigenvalue weighted by molar-refractivity contribution is 0.0983. The van der Waals surface area contributed by atoms with Gasteiger partial charge in [-0.3, -0.25) is 4.79 Å². The molecule has 0 heterocycles. The summed E-state index contributed by atoms with van der Waals surface area (Å²) in [5.74, 6) is 1.56. The van der Waals surface area contributed by atoms with Crippen LogP contribution in [0.5, 0.6) is 11.5 Å². The molecule has 0 atom stereocenters. The number of carbonyl (C=O) groups is 1. The highest BCUT2D eigenvalue weighted by Crippen LogP contribution is 2.21. The van der Waals surface area contributed by atoms with Crippen molar-refractivity contribution in [2.75, 3.05) is 0 Å². The minimum absolute atomic E-state index is 0.0932. The van der Waals surface area contributed by atoms with Crippen LogP contribution in [-0.2, 0) is 6.42 Å². The summed E-state index contributed by atoms with van der Waals surface area (Å²) in [5, 5.41) is 8.80. The van der Waals surface area contributed by atoms with Gasteiger partial charge in [-0.15, -0.1) is 0 Å². The summed E-state index contributed by atoms with van der Waals surface area (Å²) in [6.45, 7) is 0. The number of para-hydroxylation sites is 1. The van der Waals surface area contributed by atoms with Crippen molar-refractivity contribution in [3.8, 4) is 17.6 Å². The van der Waals surface area contributed by atoms with Crippen LogP contribution in [0.1, 0.15) is 27.9 Å². The van der Waals surface area contributed by atoms with E-state index in [0.717, 1.165) is 11.3 Å². The molecule has 0 amide bonds. The third-order valence-electron chi connectivity index (χ3n) is 3.88. The van der Waals surface area contributed by atoms with Crippen molar-refractivity contribution in [1.82, 2.24) is 0 Å². The molecule has 0 aliphatic rings. The van der Waals surface area contributed by atoms with E-state index in [1.807, 2.05) is 54.6 Å². The molecule has 0 aromatic heterocycles. The number of ether oxygens (including phenoxy) is 1. The van der Waals surface area contributed by atoms with E-state index in [9.17, 15) is 4.79 Å². The van der Waals surface area contributed by atoms with E-state index in [-0.39, 0.29) is 5.78 Å². The number of carbonyl (C=O) groups excluding carboxylic acids is 1. The van der Waals surface area contributed by atoms with E-state index in [0.29, 0.717) is 29.7 Å². The largest absolute Gasteiger partial charge is 0.457 e. The highest BCUT2D eigenvalue weighted by Gasteiger charge is 2.07. The van der Waals surface area contributed by atoms with Crippen LogP contribution in [0.15, 0.2) is 78.9 Å². The number of nitrogens with zero attached hydrogens (tertiary/aromatic N) is 1. The van der Waals surface area contributed by atoms with Gasteiger partial charge in [0.1, 0.15) is 11.5 Å². The van der Waals surface area contributed by atoms with Crippen LogP contribution in [0.4, 0.5) is 0 Å². The number of rotatable bonds is 6. The molecule has 3 nitrogen and oxygen atoms in total. The summed E-state index contributed by atoms with van der Waals surface area (Å²) in [7, 11) is 0. The van der Waals surface area contributed by atoms with E-state index >= 15 is 0 Å². The van der Waals surface area contributed by atoms with Gasteiger partial charge >= 0.3 is 0 Å². The third kappa shape index (κ3) is 4.55. The van der Waals surface area contributed by atoms with Gasteiger partial charge < -0.3 is 4.74 Å². The topological polar surface area (TPSA) is 50.1 Å². The van der Waals surface area contributed by atoms with Gasteiger partial charge in [-0.05, 0) is 60.5 Å². The molecule has 0 aliphatic heterocycles. The second-order valence-electron chi connectivity index (χ2n) is 5.67. The van der Waals surface area contributed by atoms with Gasteiger partial charge in [0.05, 0.1) is 11.6 Å². The number of hydrogen-bond donors (Lipinski definition) is 0. The smallest absolute Gasteiger partial charge is 0.163 e. The number of ketones is 1. The Kier molecular flexibility index (Phi) is 5.23. The molecule has 3 aromatic carbocycles. The molecule has 0 fully saturated rings. The predicted octanol–water partition coefficient (Wildman–Crippen LogP) is 5.17. The molecule has 0 bridgehead atoms. The Morgan fingerprint density at radius 1 is 0.840 bits per heavy atom. The van der Waals surface area contributed by atoms with Crippen LogP contribution < -0.4 is 4.74 Å². The predicted molar refractivity (Wildman–Crippen MR) is 96.8 cm³/mol. The quantitative estimate of drug-likeness (QED) is 0.587. The lowest BCUT2D eigenvalue weighted by atomic mass is 10.0. The number of aryl methyl sites for hydroxylation is 1. The van der Waals surface area contributed by atoms with Crippen molar-refractivity contribution in [2.45, 2.75) is 12.8 Å². The van der Waals surface area contributed by atoms with Gasteiger partial charge in [-0.25, -0.2) is 0 Å². The van der Waals surface area contributed by atoms with Gasteiger partial charge in [0.15, 0.2) is 5.78 Å². The maximum Gasteiger partial charge on any atom is 0.163 e. The van der Waals surface area contributed by atoms with E-state index in [1.165, 1.54) is 0 Å². The molecule has 0 radical (unpaired) electrons. The summed E-state index contributed by atoms with van der Waals surface area (Å²) in [6, 6.07) is 26.1. The van der Waals surface area contributed by atoms with E-state index < -0.39 is 0 Å². The second-order valence-corrected chi connectivity index (χ2v) is 5.67. The zero-order valence-corrected chi connectivity index (χ0v) is 13.7. The van der Waals surface area contributed by atoms with Crippen molar-refractivity contribution in [3.05, 3.63) is 95.6 Å². The van der Waals surface area contributed by atoms with Crippen molar-refractivity contribution in [3.63, 3.8) is 0 Å². The molecule has 0 spiro atoms. The highest BCUT2D eigenvalue weighted by atomic mass is 16.5. The van der Waals surface area contributed by atoms with Crippen molar-refractivity contribution in [1.29, 1.82) is 5.26 Å². The zero-order chi connectivity index (χ0) is 17.5. The highest BCUT2D eigenvalue weighted by molar-refractivity contribution is 5.96. The van der Waals surface area contributed by atoms with Crippen molar-refractivity contribution in [2.24, 2.45) is 0 Å². The summed E-state index contributed by atoms with van der Waals surface area (Å²) in [5.41, 5.74) is 2.36. The van der Waals surface area contributed by atoms with Crippen LogP contribution in [0.25, 0.3) is 0 Å². The van der Waals surface area contributed by atoms with Crippen LogP contribution in [0, 0.1) is 11.3 Å². The Labute approximate surface area is 147 Å². The molecular weight excluding hydrogens is 310 g/mol.